The Morgan fingerprint density at radius 1 is 1.13 bits per heavy atom. The highest BCUT2D eigenvalue weighted by Crippen LogP contribution is 2.30. The summed E-state index contributed by atoms with van der Waals surface area (Å²) < 4.78 is 31.9. The second kappa shape index (κ2) is 10.1. The summed E-state index contributed by atoms with van der Waals surface area (Å²) >= 11 is 12.4. The highest BCUT2D eigenvalue weighted by molar-refractivity contribution is 7.89. The third-order valence-corrected chi connectivity index (χ3v) is 8.66. The molecule has 30 heavy (non-hydrogen) atoms. The monoisotopic (exact) mass is 477 g/mol. The average Bonchev–Trinajstić information content (AvgIpc) is 2.73. The Bertz CT molecular complexity index is 831. The van der Waals surface area contributed by atoms with Crippen molar-refractivity contribution in [1.29, 1.82) is 0 Å². The standard InChI is InChI=1S/C20H29Cl2N3O4S/c1-2-14-30(27,28)25-10-8-24(9-11-25)20(6-12-29-13-7-20)15-23-19(26)18-16(21)4-3-5-17(18)22/h3-5H,2,6-15H2,1H3,(H,23,26). The predicted octanol–water partition coefficient (Wildman–Crippen LogP) is 2.63. The Labute approximate surface area is 188 Å². The molecule has 0 saturated carbocycles. The lowest BCUT2D eigenvalue weighted by atomic mass is 9.87. The van der Waals surface area contributed by atoms with E-state index in [4.69, 9.17) is 27.9 Å². The van der Waals surface area contributed by atoms with E-state index < -0.39 is 10.0 Å². The van der Waals surface area contributed by atoms with Gasteiger partial charge >= 0.3 is 0 Å². The van der Waals surface area contributed by atoms with E-state index in [-0.39, 0.29) is 22.8 Å². The molecule has 0 aromatic heterocycles. The Balaban J connectivity index is 1.69. The zero-order chi connectivity index (χ0) is 21.8. The normalized spacial score (nSPS) is 20.8. The van der Waals surface area contributed by atoms with Crippen LogP contribution >= 0.6 is 23.2 Å². The molecule has 1 aromatic carbocycles. The topological polar surface area (TPSA) is 79.0 Å². The third kappa shape index (κ3) is 5.29. The molecule has 10 heteroatoms. The minimum absolute atomic E-state index is 0.181. The molecule has 1 amide bonds. The predicted molar refractivity (Wildman–Crippen MR) is 119 cm³/mol. The van der Waals surface area contributed by atoms with Crippen LogP contribution in [0.2, 0.25) is 10.0 Å². The summed E-state index contributed by atoms with van der Waals surface area (Å²) in [7, 11) is -3.20. The van der Waals surface area contributed by atoms with Gasteiger partial charge in [0.25, 0.3) is 5.91 Å². The molecule has 2 fully saturated rings. The van der Waals surface area contributed by atoms with E-state index in [2.05, 4.69) is 10.2 Å². The number of nitrogens with one attached hydrogen (secondary N) is 1. The Hall–Kier alpha value is -0.900. The van der Waals surface area contributed by atoms with E-state index in [9.17, 15) is 13.2 Å². The van der Waals surface area contributed by atoms with Gasteiger partial charge in [0.2, 0.25) is 10.0 Å². The van der Waals surface area contributed by atoms with E-state index in [0.717, 1.165) is 12.8 Å². The zero-order valence-electron chi connectivity index (χ0n) is 17.2. The van der Waals surface area contributed by atoms with Crippen molar-refractivity contribution in [3.8, 4) is 0 Å². The van der Waals surface area contributed by atoms with Gasteiger partial charge < -0.3 is 10.1 Å². The van der Waals surface area contributed by atoms with Crippen LogP contribution in [0.15, 0.2) is 18.2 Å². The lowest BCUT2D eigenvalue weighted by Gasteiger charge is -2.49. The fraction of sp³-hybridized carbons (Fsp3) is 0.650. The highest BCUT2D eigenvalue weighted by Gasteiger charge is 2.41. The molecule has 0 atom stereocenters. The summed E-state index contributed by atoms with van der Waals surface area (Å²) in [6.07, 6.45) is 2.15. The van der Waals surface area contributed by atoms with Gasteiger partial charge in [0.1, 0.15) is 0 Å². The maximum atomic E-state index is 12.8. The summed E-state index contributed by atoms with van der Waals surface area (Å²) in [6.45, 7) is 5.72. The smallest absolute Gasteiger partial charge is 0.254 e. The van der Waals surface area contributed by atoms with Crippen molar-refractivity contribution in [3.05, 3.63) is 33.8 Å². The van der Waals surface area contributed by atoms with Crippen LogP contribution in [0.3, 0.4) is 0 Å². The fourth-order valence-electron chi connectivity index (χ4n) is 4.23. The summed E-state index contributed by atoms with van der Waals surface area (Å²) in [6, 6.07) is 4.98. The molecule has 0 bridgehead atoms. The molecule has 168 valence electrons. The first-order valence-electron chi connectivity index (χ1n) is 10.3. The molecule has 2 saturated heterocycles. The van der Waals surface area contributed by atoms with Crippen molar-refractivity contribution in [2.45, 2.75) is 31.7 Å². The van der Waals surface area contributed by atoms with Crippen LogP contribution in [0, 0.1) is 0 Å². The first-order valence-corrected chi connectivity index (χ1v) is 12.7. The minimum Gasteiger partial charge on any atom is -0.381 e. The first-order chi connectivity index (χ1) is 14.3. The lowest BCUT2D eigenvalue weighted by Crippen LogP contribution is -2.63. The largest absolute Gasteiger partial charge is 0.381 e. The van der Waals surface area contributed by atoms with Crippen LogP contribution in [0.25, 0.3) is 0 Å². The van der Waals surface area contributed by atoms with Crippen LogP contribution in [0.1, 0.15) is 36.5 Å². The van der Waals surface area contributed by atoms with Crippen molar-refractivity contribution in [2.75, 3.05) is 51.7 Å². The van der Waals surface area contributed by atoms with Gasteiger partial charge in [0.05, 0.1) is 21.4 Å². The Kier molecular flexibility index (Phi) is 8.03. The van der Waals surface area contributed by atoms with Crippen molar-refractivity contribution in [1.82, 2.24) is 14.5 Å². The number of carbonyl (C=O) groups excluding carboxylic acids is 1. The molecule has 1 aromatic rings. The van der Waals surface area contributed by atoms with E-state index in [1.165, 1.54) is 0 Å². The molecule has 3 rings (SSSR count). The number of nitrogens with zero attached hydrogens (tertiary/aromatic N) is 2. The van der Waals surface area contributed by atoms with Gasteiger partial charge in [0.15, 0.2) is 0 Å². The zero-order valence-corrected chi connectivity index (χ0v) is 19.5. The van der Waals surface area contributed by atoms with Crippen molar-refractivity contribution < 1.29 is 17.9 Å². The van der Waals surface area contributed by atoms with Crippen molar-refractivity contribution in [3.63, 3.8) is 0 Å². The minimum atomic E-state index is -3.20. The number of carbonyl (C=O) groups is 1. The second-order valence-corrected chi connectivity index (χ2v) is 10.7. The molecular formula is C20H29Cl2N3O4S. The van der Waals surface area contributed by atoms with Crippen LogP contribution in [-0.4, -0.2) is 80.8 Å². The Morgan fingerprint density at radius 2 is 1.73 bits per heavy atom. The summed E-state index contributed by atoms with van der Waals surface area (Å²) in [4.78, 5) is 15.1. The van der Waals surface area contributed by atoms with E-state index in [1.807, 2.05) is 6.92 Å². The summed E-state index contributed by atoms with van der Waals surface area (Å²) in [5.41, 5.74) is 0.000864. The summed E-state index contributed by atoms with van der Waals surface area (Å²) in [5, 5.41) is 3.64. The van der Waals surface area contributed by atoms with Gasteiger partial charge in [0, 0.05) is 51.5 Å². The van der Waals surface area contributed by atoms with Crippen LogP contribution in [0.4, 0.5) is 0 Å². The molecule has 0 radical (unpaired) electrons. The maximum absolute atomic E-state index is 12.8. The quantitative estimate of drug-likeness (QED) is 0.652. The number of piperazine rings is 1. The SMILES string of the molecule is CCCS(=O)(=O)N1CCN(C2(CNC(=O)c3c(Cl)cccc3Cl)CCOCC2)CC1. The van der Waals surface area contributed by atoms with Crippen LogP contribution in [-0.2, 0) is 14.8 Å². The lowest BCUT2D eigenvalue weighted by molar-refractivity contribution is -0.0385. The molecule has 1 N–H and O–H groups in total. The number of benzene rings is 1. The molecule has 2 aliphatic rings. The number of ether oxygens (including phenoxy) is 1. The van der Waals surface area contributed by atoms with E-state index in [1.54, 1.807) is 22.5 Å². The number of sulfonamides is 1. The van der Waals surface area contributed by atoms with E-state index in [0.29, 0.717) is 62.4 Å². The average molecular weight is 478 g/mol. The molecule has 0 spiro atoms. The molecular weight excluding hydrogens is 449 g/mol. The van der Waals surface area contributed by atoms with Gasteiger partial charge in [-0.3, -0.25) is 9.69 Å². The van der Waals surface area contributed by atoms with Crippen LogP contribution in [0.5, 0.6) is 0 Å². The molecule has 2 heterocycles. The first kappa shape index (κ1) is 23.8. The number of rotatable bonds is 7. The number of halogens is 2. The summed E-state index contributed by atoms with van der Waals surface area (Å²) in [5.74, 6) is -0.124. The molecule has 0 aliphatic carbocycles. The fourth-order valence-corrected chi connectivity index (χ4v) is 6.29. The molecule has 7 nitrogen and oxygen atoms in total. The number of amides is 1. The van der Waals surface area contributed by atoms with Crippen molar-refractivity contribution >= 4 is 39.1 Å². The highest BCUT2D eigenvalue weighted by atomic mass is 35.5. The number of hydrogen-bond donors (Lipinski definition) is 1. The second-order valence-electron chi connectivity index (χ2n) is 7.82. The molecule has 0 unspecified atom stereocenters. The van der Waals surface area contributed by atoms with Gasteiger partial charge in [-0.1, -0.05) is 36.2 Å². The number of hydrogen-bond acceptors (Lipinski definition) is 5. The van der Waals surface area contributed by atoms with Crippen molar-refractivity contribution in [2.24, 2.45) is 0 Å². The maximum Gasteiger partial charge on any atom is 0.254 e. The third-order valence-electron chi connectivity index (χ3n) is 5.96. The van der Waals surface area contributed by atoms with Gasteiger partial charge in [-0.15, -0.1) is 0 Å². The van der Waals surface area contributed by atoms with Gasteiger partial charge in [-0.25, -0.2) is 8.42 Å². The van der Waals surface area contributed by atoms with Gasteiger partial charge in [-0.2, -0.15) is 4.31 Å². The van der Waals surface area contributed by atoms with Gasteiger partial charge in [-0.05, 0) is 31.4 Å². The molecule has 2 aliphatic heterocycles. The van der Waals surface area contributed by atoms with E-state index >= 15 is 0 Å². The van der Waals surface area contributed by atoms with Crippen LogP contribution < -0.4 is 5.32 Å². The Morgan fingerprint density at radius 3 is 2.30 bits per heavy atom.